The maximum Gasteiger partial charge on any atom is 0.312 e. The predicted octanol–water partition coefficient (Wildman–Crippen LogP) is 0.590. The largest absolute Gasteiger partial charge is 0.383 e. The van der Waals surface area contributed by atoms with Gasteiger partial charge >= 0.3 is 6.03 Å². The van der Waals surface area contributed by atoms with Crippen LogP contribution >= 0.6 is 0 Å². The van der Waals surface area contributed by atoms with Crippen LogP contribution < -0.4 is 11.1 Å². The van der Waals surface area contributed by atoms with Crippen molar-refractivity contribution in [3.63, 3.8) is 0 Å². The number of benzene rings is 1. The number of hydrogen-bond acceptors (Lipinski definition) is 4. The van der Waals surface area contributed by atoms with Crippen molar-refractivity contribution in [2.24, 2.45) is 5.73 Å². The topological polar surface area (TPSA) is 93.9 Å². The first-order chi connectivity index (χ1) is 10.6. The van der Waals surface area contributed by atoms with E-state index in [0.717, 1.165) is 5.56 Å². The fraction of sp³-hybridized carbons (Fsp3) is 0.467. The van der Waals surface area contributed by atoms with E-state index in [1.165, 1.54) is 0 Å². The Balaban J connectivity index is 2.69. The SMILES string of the molecule is COCCN(CCOC)C(=O)c1ccc(CNC(N)=O)cc1. The highest BCUT2D eigenvalue weighted by atomic mass is 16.5. The molecule has 0 unspecified atom stereocenters. The maximum absolute atomic E-state index is 12.5. The molecule has 0 atom stereocenters. The van der Waals surface area contributed by atoms with Gasteiger partial charge in [-0.3, -0.25) is 4.79 Å². The zero-order chi connectivity index (χ0) is 16.4. The van der Waals surface area contributed by atoms with Gasteiger partial charge in [-0.15, -0.1) is 0 Å². The highest BCUT2D eigenvalue weighted by Gasteiger charge is 2.15. The fourth-order valence-corrected chi connectivity index (χ4v) is 1.85. The number of rotatable bonds is 9. The van der Waals surface area contributed by atoms with Gasteiger partial charge < -0.3 is 25.4 Å². The Hall–Kier alpha value is -2.12. The molecule has 122 valence electrons. The van der Waals surface area contributed by atoms with E-state index in [1.807, 2.05) is 0 Å². The molecule has 0 saturated heterocycles. The van der Waals surface area contributed by atoms with E-state index >= 15 is 0 Å². The van der Waals surface area contributed by atoms with Crippen LogP contribution in [-0.4, -0.2) is 57.4 Å². The van der Waals surface area contributed by atoms with Crippen LogP contribution in [0.2, 0.25) is 0 Å². The van der Waals surface area contributed by atoms with E-state index in [-0.39, 0.29) is 5.91 Å². The first-order valence-corrected chi connectivity index (χ1v) is 6.98. The van der Waals surface area contributed by atoms with Gasteiger partial charge in [-0.1, -0.05) is 12.1 Å². The molecule has 7 heteroatoms. The monoisotopic (exact) mass is 309 g/mol. The molecule has 1 aromatic carbocycles. The molecular weight excluding hydrogens is 286 g/mol. The quantitative estimate of drug-likeness (QED) is 0.698. The number of ether oxygens (including phenoxy) is 2. The lowest BCUT2D eigenvalue weighted by atomic mass is 10.1. The zero-order valence-electron chi connectivity index (χ0n) is 13.0. The molecule has 0 heterocycles. The minimum absolute atomic E-state index is 0.0801. The molecule has 22 heavy (non-hydrogen) atoms. The molecule has 0 aromatic heterocycles. The summed E-state index contributed by atoms with van der Waals surface area (Å²) in [4.78, 5) is 24.8. The fourth-order valence-electron chi connectivity index (χ4n) is 1.85. The summed E-state index contributed by atoms with van der Waals surface area (Å²) in [5.74, 6) is -0.0801. The minimum atomic E-state index is -0.578. The number of methoxy groups -OCH3 is 2. The molecule has 0 radical (unpaired) electrons. The summed E-state index contributed by atoms with van der Waals surface area (Å²) in [5.41, 5.74) is 6.47. The van der Waals surface area contributed by atoms with Crippen LogP contribution in [0.5, 0.6) is 0 Å². The van der Waals surface area contributed by atoms with Crippen LogP contribution in [0.4, 0.5) is 4.79 Å². The van der Waals surface area contributed by atoms with Gasteiger partial charge in [-0.2, -0.15) is 0 Å². The highest BCUT2D eigenvalue weighted by Crippen LogP contribution is 2.08. The van der Waals surface area contributed by atoms with Crippen molar-refractivity contribution < 1.29 is 19.1 Å². The predicted molar refractivity (Wildman–Crippen MR) is 82.5 cm³/mol. The Morgan fingerprint density at radius 3 is 2.09 bits per heavy atom. The van der Waals surface area contributed by atoms with E-state index in [1.54, 1.807) is 43.4 Å². The van der Waals surface area contributed by atoms with Crippen LogP contribution in [0, 0.1) is 0 Å². The normalized spacial score (nSPS) is 10.3. The van der Waals surface area contributed by atoms with Crippen molar-refractivity contribution in [3.8, 4) is 0 Å². The molecule has 3 amide bonds. The van der Waals surface area contributed by atoms with Crippen molar-refractivity contribution in [2.45, 2.75) is 6.54 Å². The average Bonchev–Trinajstić information content (AvgIpc) is 2.53. The number of carbonyl (C=O) groups is 2. The third-order valence-electron chi connectivity index (χ3n) is 3.09. The molecule has 0 aliphatic carbocycles. The Morgan fingerprint density at radius 2 is 1.64 bits per heavy atom. The van der Waals surface area contributed by atoms with Gasteiger partial charge in [0.15, 0.2) is 0 Å². The van der Waals surface area contributed by atoms with E-state index in [9.17, 15) is 9.59 Å². The number of carbonyl (C=O) groups excluding carboxylic acids is 2. The standard InChI is InChI=1S/C15H23N3O4/c1-21-9-7-18(8-10-22-2)14(19)13-5-3-12(4-6-13)11-17-15(16)20/h3-6H,7-11H2,1-2H3,(H3,16,17,20). The Labute approximate surface area is 130 Å². The Morgan fingerprint density at radius 1 is 1.09 bits per heavy atom. The molecule has 0 fully saturated rings. The summed E-state index contributed by atoms with van der Waals surface area (Å²) in [6, 6.07) is 6.45. The second kappa shape index (κ2) is 9.75. The van der Waals surface area contributed by atoms with Crippen LogP contribution in [0.1, 0.15) is 15.9 Å². The lowest BCUT2D eigenvalue weighted by Crippen LogP contribution is -2.36. The summed E-state index contributed by atoms with van der Waals surface area (Å²) in [7, 11) is 3.19. The maximum atomic E-state index is 12.5. The number of nitrogens with zero attached hydrogens (tertiary/aromatic N) is 1. The average molecular weight is 309 g/mol. The zero-order valence-corrected chi connectivity index (χ0v) is 13.0. The number of primary amides is 1. The third-order valence-corrected chi connectivity index (χ3v) is 3.09. The number of amides is 3. The van der Waals surface area contributed by atoms with Gasteiger partial charge in [-0.05, 0) is 17.7 Å². The summed E-state index contributed by atoms with van der Waals surface area (Å²) in [5, 5.41) is 2.50. The first-order valence-electron chi connectivity index (χ1n) is 6.98. The molecule has 1 rings (SSSR count). The number of urea groups is 1. The van der Waals surface area contributed by atoms with Gasteiger partial charge in [0.2, 0.25) is 0 Å². The molecule has 7 nitrogen and oxygen atoms in total. The minimum Gasteiger partial charge on any atom is -0.383 e. The van der Waals surface area contributed by atoms with Gasteiger partial charge in [0.1, 0.15) is 0 Å². The van der Waals surface area contributed by atoms with Gasteiger partial charge in [0.05, 0.1) is 13.2 Å². The van der Waals surface area contributed by atoms with Gasteiger partial charge in [-0.25, -0.2) is 4.79 Å². The van der Waals surface area contributed by atoms with E-state index < -0.39 is 6.03 Å². The lowest BCUT2D eigenvalue weighted by molar-refractivity contribution is 0.0627. The third kappa shape index (κ3) is 6.11. The Kier molecular flexibility index (Phi) is 7.95. The molecule has 1 aromatic rings. The van der Waals surface area contributed by atoms with E-state index in [2.05, 4.69) is 5.32 Å². The molecule has 0 bridgehead atoms. The summed E-state index contributed by atoms with van der Waals surface area (Å²) < 4.78 is 10.1. The molecule has 0 aliphatic heterocycles. The van der Waals surface area contributed by atoms with E-state index in [4.69, 9.17) is 15.2 Å². The van der Waals surface area contributed by atoms with Crippen molar-refractivity contribution in [3.05, 3.63) is 35.4 Å². The summed E-state index contributed by atoms with van der Waals surface area (Å²) in [6.45, 7) is 2.28. The smallest absolute Gasteiger partial charge is 0.312 e. The number of nitrogens with two attached hydrogens (primary N) is 1. The number of hydrogen-bond donors (Lipinski definition) is 2. The second-order valence-electron chi connectivity index (χ2n) is 4.69. The van der Waals surface area contributed by atoms with Crippen LogP contribution in [0.3, 0.4) is 0 Å². The Bertz CT molecular complexity index is 468. The molecular formula is C15H23N3O4. The van der Waals surface area contributed by atoms with Crippen LogP contribution in [-0.2, 0) is 16.0 Å². The van der Waals surface area contributed by atoms with E-state index in [0.29, 0.717) is 38.4 Å². The molecule has 3 N–H and O–H groups in total. The van der Waals surface area contributed by atoms with Crippen molar-refractivity contribution >= 4 is 11.9 Å². The lowest BCUT2D eigenvalue weighted by Gasteiger charge is -2.22. The van der Waals surface area contributed by atoms with Crippen LogP contribution in [0.25, 0.3) is 0 Å². The van der Waals surface area contributed by atoms with Crippen molar-refractivity contribution in [1.29, 1.82) is 0 Å². The summed E-state index contributed by atoms with van der Waals surface area (Å²) >= 11 is 0. The number of nitrogens with one attached hydrogen (secondary N) is 1. The van der Waals surface area contributed by atoms with Crippen LogP contribution in [0.15, 0.2) is 24.3 Å². The molecule has 0 aliphatic rings. The van der Waals surface area contributed by atoms with Crippen molar-refractivity contribution in [2.75, 3.05) is 40.5 Å². The van der Waals surface area contributed by atoms with Gasteiger partial charge in [0, 0.05) is 39.4 Å². The highest BCUT2D eigenvalue weighted by molar-refractivity contribution is 5.94. The van der Waals surface area contributed by atoms with Crippen molar-refractivity contribution in [1.82, 2.24) is 10.2 Å². The molecule has 0 saturated carbocycles. The molecule has 0 spiro atoms. The first kappa shape index (κ1) is 17.9. The van der Waals surface area contributed by atoms with Gasteiger partial charge in [0.25, 0.3) is 5.91 Å². The summed E-state index contributed by atoms with van der Waals surface area (Å²) in [6.07, 6.45) is 0. The second-order valence-corrected chi connectivity index (χ2v) is 4.69.